The van der Waals surface area contributed by atoms with Gasteiger partial charge in [0.15, 0.2) is 0 Å². The molecule has 2 heterocycles. The van der Waals surface area contributed by atoms with Gasteiger partial charge in [-0.25, -0.2) is 4.79 Å². The van der Waals surface area contributed by atoms with Crippen LogP contribution in [-0.4, -0.2) is 23.9 Å². The van der Waals surface area contributed by atoms with Crippen LogP contribution in [0.5, 0.6) is 0 Å². The minimum Gasteiger partial charge on any atom is -0.393 e. The van der Waals surface area contributed by atoms with Gasteiger partial charge < -0.3 is 9.47 Å². The predicted molar refractivity (Wildman–Crippen MR) is 61.3 cm³/mol. The molecule has 0 aromatic carbocycles. The second-order valence-electron chi connectivity index (χ2n) is 4.44. The number of carbonyl (C=O) groups is 4. The number of cyclic esters (lactones) is 4. The molecule has 0 bridgehead atoms. The first kappa shape index (κ1) is 13.2. The summed E-state index contributed by atoms with van der Waals surface area (Å²) < 4.78 is 8.59. The second kappa shape index (κ2) is 5.17. The van der Waals surface area contributed by atoms with Crippen LogP contribution in [0.2, 0.25) is 0 Å². The van der Waals surface area contributed by atoms with E-state index in [9.17, 15) is 19.2 Å². The summed E-state index contributed by atoms with van der Waals surface area (Å²) in [6, 6.07) is 0. The molecule has 0 N–H and O–H groups in total. The summed E-state index contributed by atoms with van der Waals surface area (Å²) in [5.41, 5.74) is 0.245. The monoisotopic (exact) mass is 264 g/mol. The zero-order valence-electron chi connectivity index (χ0n) is 10.1. The van der Waals surface area contributed by atoms with Crippen LogP contribution in [0.1, 0.15) is 19.3 Å². The van der Waals surface area contributed by atoms with Crippen molar-refractivity contribution >= 4 is 23.9 Å². The van der Waals surface area contributed by atoms with E-state index in [1.54, 1.807) is 0 Å². The SMILES string of the molecule is C=C1CC(=O)OC1=O.O=C1OC(=O)C2CC=CCC12. The number of carbonyl (C=O) groups excluding carboxylic acids is 4. The van der Waals surface area contributed by atoms with Crippen molar-refractivity contribution in [2.75, 3.05) is 0 Å². The molecule has 2 atom stereocenters. The van der Waals surface area contributed by atoms with Crippen LogP contribution in [0.4, 0.5) is 0 Å². The van der Waals surface area contributed by atoms with Crippen LogP contribution in [0.25, 0.3) is 0 Å². The summed E-state index contributed by atoms with van der Waals surface area (Å²) >= 11 is 0. The third-order valence-corrected chi connectivity index (χ3v) is 3.09. The van der Waals surface area contributed by atoms with Gasteiger partial charge in [0, 0.05) is 5.57 Å². The Morgan fingerprint density at radius 2 is 1.47 bits per heavy atom. The molecule has 0 spiro atoms. The van der Waals surface area contributed by atoms with Crippen LogP contribution in [0.15, 0.2) is 24.3 Å². The Bertz CT molecular complexity index is 459. The van der Waals surface area contributed by atoms with E-state index in [1.165, 1.54) is 0 Å². The molecule has 2 fully saturated rings. The fourth-order valence-electron chi connectivity index (χ4n) is 2.04. The fourth-order valence-corrected chi connectivity index (χ4v) is 2.04. The number of esters is 4. The first-order valence-corrected chi connectivity index (χ1v) is 5.82. The average Bonchev–Trinajstić information content (AvgIpc) is 2.82. The smallest absolute Gasteiger partial charge is 0.341 e. The molecule has 2 saturated heterocycles. The number of hydrogen-bond acceptors (Lipinski definition) is 6. The van der Waals surface area contributed by atoms with Crippen molar-refractivity contribution in [3.8, 4) is 0 Å². The minimum atomic E-state index is -0.588. The van der Waals surface area contributed by atoms with Gasteiger partial charge in [-0.15, -0.1) is 0 Å². The lowest BCUT2D eigenvalue weighted by Crippen LogP contribution is -2.18. The van der Waals surface area contributed by atoms with Gasteiger partial charge in [0.2, 0.25) is 0 Å². The molecule has 0 saturated carbocycles. The highest BCUT2D eigenvalue weighted by Gasteiger charge is 2.43. The first-order valence-electron chi connectivity index (χ1n) is 5.82. The van der Waals surface area contributed by atoms with Gasteiger partial charge in [0.05, 0.1) is 18.3 Å². The standard InChI is InChI=1S/C8H8O3.C5H4O3/c9-7-5-3-1-2-4-6(5)8(10)11-7;1-3-2-4(6)8-5(3)7/h1-2,5-6H,3-4H2;1-2H2. The van der Waals surface area contributed by atoms with E-state index in [-0.39, 0.29) is 35.8 Å². The van der Waals surface area contributed by atoms with E-state index in [0.29, 0.717) is 12.8 Å². The third-order valence-electron chi connectivity index (χ3n) is 3.09. The molecule has 3 rings (SSSR count). The normalized spacial score (nSPS) is 28.5. The van der Waals surface area contributed by atoms with Gasteiger partial charge in [-0.1, -0.05) is 18.7 Å². The summed E-state index contributed by atoms with van der Waals surface area (Å²) in [4.78, 5) is 42.3. The lowest BCUT2D eigenvalue weighted by molar-refractivity contribution is -0.154. The molecule has 0 aromatic rings. The molecule has 6 nitrogen and oxygen atoms in total. The minimum absolute atomic E-state index is 0.0544. The van der Waals surface area contributed by atoms with Crippen molar-refractivity contribution in [2.45, 2.75) is 19.3 Å². The highest BCUT2D eigenvalue weighted by atomic mass is 16.6. The Morgan fingerprint density at radius 1 is 0.947 bits per heavy atom. The van der Waals surface area contributed by atoms with Gasteiger partial charge in [-0.3, -0.25) is 14.4 Å². The Labute approximate surface area is 109 Å². The van der Waals surface area contributed by atoms with Crippen molar-refractivity contribution < 1.29 is 28.7 Å². The van der Waals surface area contributed by atoms with Crippen molar-refractivity contribution in [3.05, 3.63) is 24.3 Å². The maximum atomic E-state index is 10.9. The molecule has 0 amide bonds. The molecule has 3 aliphatic rings. The lowest BCUT2D eigenvalue weighted by atomic mass is 9.85. The van der Waals surface area contributed by atoms with Crippen molar-refractivity contribution in [1.29, 1.82) is 0 Å². The average molecular weight is 264 g/mol. The van der Waals surface area contributed by atoms with Gasteiger partial charge in [0.25, 0.3) is 0 Å². The number of fused-ring (bicyclic) bond motifs is 1. The maximum absolute atomic E-state index is 10.9. The maximum Gasteiger partial charge on any atom is 0.341 e. The highest BCUT2D eigenvalue weighted by molar-refractivity contribution is 6.05. The molecule has 6 heteroatoms. The Balaban J connectivity index is 0.000000148. The molecule has 0 radical (unpaired) electrons. The van der Waals surface area contributed by atoms with Crippen LogP contribution in [0.3, 0.4) is 0 Å². The Morgan fingerprint density at radius 3 is 1.79 bits per heavy atom. The molecule has 2 unspecified atom stereocenters. The summed E-state index contributed by atoms with van der Waals surface area (Å²) in [5, 5.41) is 0. The molecule has 100 valence electrons. The van der Waals surface area contributed by atoms with Gasteiger partial charge in [0.1, 0.15) is 0 Å². The summed E-state index contributed by atoms with van der Waals surface area (Å²) in [5.74, 6) is -2.15. The molecular formula is C13H12O6. The lowest BCUT2D eigenvalue weighted by Gasteiger charge is -2.12. The summed E-state index contributed by atoms with van der Waals surface area (Å²) in [6.07, 6.45) is 5.24. The van der Waals surface area contributed by atoms with E-state index in [4.69, 9.17) is 0 Å². The molecule has 2 aliphatic heterocycles. The van der Waals surface area contributed by atoms with Crippen LogP contribution in [0, 0.1) is 11.8 Å². The van der Waals surface area contributed by atoms with E-state index in [1.807, 2.05) is 12.2 Å². The number of allylic oxidation sites excluding steroid dienone is 2. The summed E-state index contributed by atoms with van der Waals surface area (Å²) in [7, 11) is 0. The Hall–Kier alpha value is -2.24. The predicted octanol–water partition coefficient (Wildman–Crippen LogP) is 0.668. The summed E-state index contributed by atoms with van der Waals surface area (Å²) in [6.45, 7) is 3.29. The van der Waals surface area contributed by atoms with E-state index >= 15 is 0 Å². The Kier molecular flexibility index (Phi) is 3.59. The zero-order chi connectivity index (χ0) is 14.0. The molecule has 1 aliphatic carbocycles. The number of rotatable bonds is 0. The number of ether oxygens (including phenoxy) is 2. The fraction of sp³-hybridized carbons (Fsp3) is 0.385. The topological polar surface area (TPSA) is 86.7 Å². The van der Waals surface area contributed by atoms with Crippen LogP contribution in [-0.2, 0) is 28.7 Å². The highest BCUT2D eigenvalue weighted by Crippen LogP contribution is 2.32. The van der Waals surface area contributed by atoms with Crippen LogP contribution >= 0.6 is 0 Å². The number of hydrogen-bond donors (Lipinski definition) is 0. The largest absolute Gasteiger partial charge is 0.393 e. The van der Waals surface area contributed by atoms with Crippen molar-refractivity contribution in [1.82, 2.24) is 0 Å². The van der Waals surface area contributed by atoms with Gasteiger partial charge >= 0.3 is 23.9 Å². The third kappa shape index (κ3) is 2.78. The first-order chi connectivity index (χ1) is 8.99. The van der Waals surface area contributed by atoms with Crippen LogP contribution < -0.4 is 0 Å². The van der Waals surface area contributed by atoms with Gasteiger partial charge in [-0.2, -0.15) is 0 Å². The second-order valence-corrected chi connectivity index (χ2v) is 4.44. The molecule has 0 aromatic heterocycles. The molecule has 19 heavy (non-hydrogen) atoms. The quantitative estimate of drug-likeness (QED) is 0.276. The molecular weight excluding hydrogens is 252 g/mol. The van der Waals surface area contributed by atoms with Crippen molar-refractivity contribution in [3.63, 3.8) is 0 Å². The van der Waals surface area contributed by atoms with Gasteiger partial charge in [-0.05, 0) is 12.8 Å². The van der Waals surface area contributed by atoms with Crippen molar-refractivity contribution in [2.24, 2.45) is 11.8 Å². The van der Waals surface area contributed by atoms with E-state index in [2.05, 4.69) is 16.1 Å². The van der Waals surface area contributed by atoms with E-state index < -0.39 is 11.9 Å². The van der Waals surface area contributed by atoms with E-state index in [0.717, 1.165) is 0 Å². The zero-order valence-corrected chi connectivity index (χ0v) is 10.1.